The van der Waals surface area contributed by atoms with Crippen molar-refractivity contribution >= 4 is 28.5 Å². The van der Waals surface area contributed by atoms with Crippen LogP contribution in [0.25, 0.3) is 11.0 Å². The number of hydrogen-bond donors (Lipinski definition) is 1. The number of benzene rings is 2. The fraction of sp³-hybridized carbons (Fsp3) is 0.158. The van der Waals surface area contributed by atoms with Crippen molar-refractivity contribution in [3.63, 3.8) is 0 Å². The molecule has 3 aromatic rings. The summed E-state index contributed by atoms with van der Waals surface area (Å²) in [5.41, 5.74) is 2.46. The number of hydrogen-bond acceptors (Lipinski definition) is 3. The van der Waals surface area contributed by atoms with Gasteiger partial charge in [-0.05, 0) is 60.9 Å². The molecule has 0 aliphatic rings. The van der Waals surface area contributed by atoms with Gasteiger partial charge in [-0.15, -0.1) is 0 Å². The van der Waals surface area contributed by atoms with Gasteiger partial charge in [0.25, 0.3) is 5.91 Å². The van der Waals surface area contributed by atoms with Crippen molar-refractivity contribution in [2.45, 2.75) is 20.4 Å². The molecule has 0 saturated heterocycles. The summed E-state index contributed by atoms with van der Waals surface area (Å²) in [5.74, 6) is -0.777. The first kappa shape index (κ1) is 17.2. The van der Waals surface area contributed by atoms with E-state index in [0.717, 1.165) is 11.1 Å². The topological polar surface area (TPSA) is 59.3 Å². The van der Waals surface area contributed by atoms with E-state index in [1.54, 1.807) is 6.07 Å². The third-order valence-electron chi connectivity index (χ3n) is 4.01. The Balaban J connectivity index is 1.96. The number of nitrogens with one attached hydrogen (secondary N) is 1. The molecule has 0 aliphatic carbocycles. The van der Waals surface area contributed by atoms with Gasteiger partial charge in [0.1, 0.15) is 11.4 Å². The molecule has 1 amide bonds. The van der Waals surface area contributed by atoms with Crippen LogP contribution in [-0.2, 0) is 6.54 Å². The Morgan fingerprint density at radius 1 is 1.20 bits per heavy atom. The lowest BCUT2D eigenvalue weighted by molar-refractivity contribution is 0.0951. The van der Waals surface area contributed by atoms with E-state index in [4.69, 9.17) is 16.0 Å². The molecule has 2 aromatic carbocycles. The zero-order valence-electron chi connectivity index (χ0n) is 13.7. The number of fused-ring (bicyclic) bond motifs is 1. The molecule has 3 rings (SSSR count). The molecular weight excluding hydrogens is 345 g/mol. The second-order valence-corrected chi connectivity index (χ2v) is 6.16. The van der Waals surface area contributed by atoms with E-state index in [1.165, 1.54) is 30.3 Å². The zero-order valence-corrected chi connectivity index (χ0v) is 14.4. The van der Waals surface area contributed by atoms with Crippen LogP contribution in [0.1, 0.15) is 27.0 Å². The normalized spacial score (nSPS) is 10.9. The molecule has 0 unspecified atom stereocenters. The Morgan fingerprint density at radius 3 is 2.56 bits per heavy atom. The van der Waals surface area contributed by atoms with Gasteiger partial charge in [0.05, 0.1) is 0 Å². The second-order valence-electron chi connectivity index (χ2n) is 5.79. The maximum absolute atomic E-state index is 12.9. The molecule has 0 saturated carbocycles. The van der Waals surface area contributed by atoms with E-state index in [9.17, 15) is 14.0 Å². The van der Waals surface area contributed by atoms with E-state index < -0.39 is 11.4 Å². The van der Waals surface area contributed by atoms with Crippen molar-refractivity contribution < 1.29 is 13.6 Å². The average molecular weight is 360 g/mol. The summed E-state index contributed by atoms with van der Waals surface area (Å²) in [5, 5.41) is 4.02. The number of carbonyl (C=O) groups excluding carboxylic acids is 1. The van der Waals surface area contributed by atoms with E-state index >= 15 is 0 Å². The van der Waals surface area contributed by atoms with E-state index in [-0.39, 0.29) is 12.5 Å². The summed E-state index contributed by atoms with van der Waals surface area (Å²) < 4.78 is 18.2. The fourth-order valence-corrected chi connectivity index (χ4v) is 2.92. The summed E-state index contributed by atoms with van der Waals surface area (Å²) in [4.78, 5) is 24.0. The molecule has 4 nitrogen and oxygen atoms in total. The van der Waals surface area contributed by atoms with Gasteiger partial charge in [-0.2, -0.15) is 0 Å². The summed E-state index contributed by atoms with van der Waals surface area (Å²) in [6.07, 6.45) is 0. The van der Waals surface area contributed by atoms with Crippen LogP contribution in [0.2, 0.25) is 5.02 Å². The molecular formula is C19H15ClFNO3. The SMILES string of the molecule is Cc1cc2oc(=O)cc(CNC(=O)c3ccc(F)cc3)c2c(C)c1Cl. The third kappa shape index (κ3) is 3.42. The maximum atomic E-state index is 12.9. The van der Waals surface area contributed by atoms with Crippen LogP contribution in [-0.4, -0.2) is 5.91 Å². The summed E-state index contributed by atoms with van der Waals surface area (Å²) in [6.45, 7) is 3.79. The lowest BCUT2D eigenvalue weighted by Crippen LogP contribution is -2.23. The van der Waals surface area contributed by atoms with Gasteiger partial charge in [0, 0.05) is 28.6 Å². The molecule has 25 heavy (non-hydrogen) atoms. The van der Waals surface area contributed by atoms with Crippen molar-refractivity contribution in [3.05, 3.63) is 79.9 Å². The van der Waals surface area contributed by atoms with Gasteiger partial charge >= 0.3 is 5.63 Å². The molecule has 0 spiro atoms. The minimum atomic E-state index is -0.500. The van der Waals surface area contributed by atoms with Crippen molar-refractivity contribution in [1.29, 1.82) is 0 Å². The summed E-state index contributed by atoms with van der Waals surface area (Å²) in [7, 11) is 0. The van der Waals surface area contributed by atoms with Crippen LogP contribution in [0, 0.1) is 19.7 Å². The average Bonchev–Trinajstić information content (AvgIpc) is 2.57. The number of amides is 1. The first-order valence-corrected chi connectivity index (χ1v) is 8.01. The highest BCUT2D eigenvalue weighted by atomic mass is 35.5. The fourth-order valence-electron chi connectivity index (χ4n) is 2.77. The summed E-state index contributed by atoms with van der Waals surface area (Å²) in [6, 6.07) is 8.27. The Hall–Kier alpha value is -2.66. The number of halogens is 2. The van der Waals surface area contributed by atoms with Gasteiger partial charge in [0.2, 0.25) is 0 Å². The van der Waals surface area contributed by atoms with Crippen molar-refractivity contribution in [3.8, 4) is 0 Å². The molecule has 1 N–H and O–H groups in total. The summed E-state index contributed by atoms with van der Waals surface area (Å²) >= 11 is 6.30. The van der Waals surface area contributed by atoms with Gasteiger partial charge in [-0.1, -0.05) is 11.6 Å². The smallest absolute Gasteiger partial charge is 0.336 e. The highest BCUT2D eigenvalue weighted by Crippen LogP contribution is 2.30. The Bertz CT molecular complexity index is 1030. The first-order valence-electron chi connectivity index (χ1n) is 7.63. The molecule has 0 fully saturated rings. The molecule has 6 heteroatoms. The van der Waals surface area contributed by atoms with Crippen LogP contribution in [0.15, 0.2) is 45.6 Å². The minimum Gasteiger partial charge on any atom is -0.423 e. The van der Waals surface area contributed by atoms with Gasteiger partial charge < -0.3 is 9.73 Å². The molecule has 0 bridgehead atoms. The second kappa shape index (κ2) is 6.69. The minimum absolute atomic E-state index is 0.124. The van der Waals surface area contributed by atoms with Crippen LogP contribution in [0.3, 0.4) is 0 Å². The van der Waals surface area contributed by atoms with E-state index in [2.05, 4.69) is 5.32 Å². The van der Waals surface area contributed by atoms with Crippen LogP contribution in [0.5, 0.6) is 0 Å². The number of carbonyl (C=O) groups is 1. The Kier molecular flexibility index (Phi) is 4.59. The molecule has 0 radical (unpaired) electrons. The quantitative estimate of drug-likeness (QED) is 0.715. The lowest BCUT2D eigenvalue weighted by Gasteiger charge is -2.12. The third-order valence-corrected chi connectivity index (χ3v) is 4.60. The predicted molar refractivity (Wildman–Crippen MR) is 94.5 cm³/mol. The largest absolute Gasteiger partial charge is 0.423 e. The first-order chi connectivity index (χ1) is 11.9. The predicted octanol–water partition coefficient (Wildman–Crippen LogP) is 4.13. The molecule has 1 heterocycles. The highest BCUT2D eigenvalue weighted by molar-refractivity contribution is 6.33. The molecule has 0 atom stereocenters. The molecule has 128 valence electrons. The highest BCUT2D eigenvalue weighted by Gasteiger charge is 2.14. The maximum Gasteiger partial charge on any atom is 0.336 e. The molecule has 1 aromatic heterocycles. The monoisotopic (exact) mass is 359 g/mol. The number of rotatable bonds is 3. The van der Waals surface area contributed by atoms with Crippen molar-refractivity contribution in [2.75, 3.05) is 0 Å². The Morgan fingerprint density at radius 2 is 1.88 bits per heavy atom. The zero-order chi connectivity index (χ0) is 18.1. The number of aryl methyl sites for hydroxylation is 2. The van der Waals surface area contributed by atoms with Crippen LogP contribution < -0.4 is 10.9 Å². The van der Waals surface area contributed by atoms with Gasteiger partial charge in [-0.3, -0.25) is 4.79 Å². The lowest BCUT2D eigenvalue weighted by atomic mass is 10.0. The van der Waals surface area contributed by atoms with Crippen LogP contribution in [0.4, 0.5) is 4.39 Å². The Labute approximate surface area is 148 Å². The van der Waals surface area contributed by atoms with Gasteiger partial charge in [-0.25, -0.2) is 9.18 Å². The van der Waals surface area contributed by atoms with E-state index in [1.807, 2.05) is 13.8 Å². The van der Waals surface area contributed by atoms with Crippen LogP contribution >= 0.6 is 11.6 Å². The van der Waals surface area contributed by atoms with Crippen molar-refractivity contribution in [2.24, 2.45) is 0 Å². The van der Waals surface area contributed by atoms with Crippen molar-refractivity contribution in [1.82, 2.24) is 5.32 Å². The van der Waals surface area contributed by atoms with Gasteiger partial charge in [0.15, 0.2) is 0 Å². The molecule has 0 aliphatic heterocycles. The standard InChI is InChI=1S/C19H15ClFNO3/c1-10-7-15-17(11(2)18(10)20)13(8-16(23)25-15)9-22-19(24)12-3-5-14(21)6-4-12/h3-8H,9H2,1-2H3,(H,22,24). The van der Waals surface area contributed by atoms with E-state index in [0.29, 0.717) is 27.1 Å².